The molecule has 2 atom stereocenters. The summed E-state index contributed by atoms with van der Waals surface area (Å²) in [7, 11) is 3.35. The van der Waals surface area contributed by atoms with Crippen molar-refractivity contribution in [3.8, 4) is 17.2 Å². The van der Waals surface area contributed by atoms with Crippen LogP contribution < -0.4 is 19.3 Å². The van der Waals surface area contributed by atoms with E-state index in [2.05, 4.69) is 51.1 Å². The molecule has 0 aromatic heterocycles. The minimum Gasteiger partial charge on any atom is -0.508 e. The second-order valence-electron chi connectivity index (χ2n) is 14.3. The molecule has 8 rings (SSSR count). The molecule has 0 aliphatic carbocycles. The molecular formula is C41H45FN4O4. The maximum Gasteiger partial charge on any atom is 0.254 e. The minimum atomic E-state index is -0.384. The van der Waals surface area contributed by atoms with Gasteiger partial charge in [-0.2, -0.15) is 0 Å². The minimum absolute atomic E-state index is 0.0247. The van der Waals surface area contributed by atoms with Crippen molar-refractivity contribution in [3.05, 3.63) is 112 Å². The predicted octanol–water partition coefficient (Wildman–Crippen LogP) is 6.47. The molecule has 1 N–H and O–H groups in total. The largest absolute Gasteiger partial charge is 0.508 e. The summed E-state index contributed by atoms with van der Waals surface area (Å²) in [4.78, 5) is 21.7. The number of hydrogen-bond donors (Lipinski definition) is 1. The molecule has 260 valence electrons. The number of carbonyl (C=O) groups excluding carboxylic acids is 1. The number of anilines is 2. The van der Waals surface area contributed by atoms with Crippen LogP contribution in [0.15, 0.2) is 78.9 Å². The molecule has 1 amide bonds. The normalized spacial score (nSPS) is 21.2. The van der Waals surface area contributed by atoms with E-state index in [9.17, 15) is 14.3 Å². The quantitative estimate of drug-likeness (QED) is 0.241. The van der Waals surface area contributed by atoms with Crippen LogP contribution in [0.2, 0.25) is 0 Å². The lowest BCUT2D eigenvalue weighted by Crippen LogP contribution is -2.49. The molecular weight excluding hydrogens is 631 g/mol. The summed E-state index contributed by atoms with van der Waals surface area (Å²) < 4.78 is 25.8. The van der Waals surface area contributed by atoms with E-state index >= 15 is 0 Å². The molecule has 4 aromatic rings. The van der Waals surface area contributed by atoms with E-state index in [0.717, 1.165) is 73.6 Å². The van der Waals surface area contributed by atoms with E-state index < -0.39 is 0 Å². The van der Waals surface area contributed by atoms with Crippen molar-refractivity contribution < 1.29 is 23.8 Å². The highest BCUT2D eigenvalue weighted by molar-refractivity contribution is 5.98. The molecule has 0 saturated carbocycles. The zero-order valence-corrected chi connectivity index (χ0v) is 28.9. The number of aromatic hydroxyl groups is 1. The summed E-state index contributed by atoms with van der Waals surface area (Å²) in [5, 5.41) is 10.2. The van der Waals surface area contributed by atoms with E-state index in [1.54, 1.807) is 23.1 Å². The van der Waals surface area contributed by atoms with E-state index in [1.165, 1.54) is 37.4 Å². The maximum atomic E-state index is 14.3. The first-order valence-corrected chi connectivity index (χ1v) is 17.8. The van der Waals surface area contributed by atoms with Crippen molar-refractivity contribution in [2.24, 2.45) is 5.92 Å². The smallest absolute Gasteiger partial charge is 0.254 e. The highest BCUT2D eigenvalue weighted by Crippen LogP contribution is 2.48. The van der Waals surface area contributed by atoms with Crippen LogP contribution in [0.3, 0.4) is 0 Å². The topological polar surface area (TPSA) is 68.7 Å². The van der Waals surface area contributed by atoms with Gasteiger partial charge in [-0.3, -0.25) is 9.69 Å². The molecule has 9 heteroatoms. The molecule has 4 heterocycles. The highest BCUT2D eigenvalue weighted by atomic mass is 19.1. The van der Waals surface area contributed by atoms with Gasteiger partial charge in [0.25, 0.3) is 5.91 Å². The molecule has 4 aromatic carbocycles. The van der Waals surface area contributed by atoms with Gasteiger partial charge in [0.2, 0.25) is 0 Å². The third kappa shape index (κ3) is 6.23. The Bertz CT molecular complexity index is 1870. The van der Waals surface area contributed by atoms with Gasteiger partial charge in [-0.15, -0.1) is 0 Å². The maximum absolute atomic E-state index is 14.3. The zero-order valence-electron chi connectivity index (χ0n) is 28.9. The molecule has 4 aliphatic heterocycles. The Hall–Kier alpha value is -4.76. The van der Waals surface area contributed by atoms with Gasteiger partial charge >= 0.3 is 0 Å². The summed E-state index contributed by atoms with van der Waals surface area (Å²) in [6.45, 7) is 8.52. The number of hydrogen-bond acceptors (Lipinski definition) is 7. The van der Waals surface area contributed by atoms with E-state index in [-0.39, 0.29) is 35.1 Å². The second-order valence-corrected chi connectivity index (χ2v) is 14.3. The molecule has 0 radical (unpaired) electrons. The van der Waals surface area contributed by atoms with E-state index in [0.29, 0.717) is 24.8 Å². The third-order valence-electron chi connectivity index (χ3n) is 11.3. The molecule has 0 spiro atoms. The van der Waals surface area contributed by atoms with Gasteiger partial charge in [-0.25, -0.2) is 4.39 Å². The number of ether oxygens (including phenoxy) is 2. The standard InChI is InChI=1S/C41H45FN4O4/c1-43-25-30-21-32(8-10-34(30)41(43)48)46-19-17-44(18-20-46)24-27-13-15-45(16-14-27)31-6-3-28(4-7-31)40-35-11-9-33(47)23-38(35)50-26-36(40)29-5-12-37(42)39(22-29)49-2/h3-12,21-23,27,36,40,47H,13-20,24-26H2,1-2H3/t36-,40-/m1/s1. The van der Waals surface area contributed by atoms with Crippen LogP contribution in [0.25, 0.3) is 0 Å². The number of carbonyl (C=O) groups is 1. The fourth-order valence-corrected chi connectivity index (χ4v) is 8.47. The number of piperazine rings is 1. The van der Waals surface area contributed by atoms with Gasteiger partial charge in [-0.1, -0.05) is 24.3 Å². The third-order valence-corrected chi connectivity index (χ3v) is 11.3. The summed E-state index contributed by atoms with van der Waals surface area (Å²) in [5.41, 5.74) is 7.58. The average Bonchev–Trinajstić information content (AvgIpc) is 3.43. The van der Waals surface area contributed by atoms with Crippen molar-refractivity contribution in [2.45, 2.75) is 31.2 Å². The number of benzene rings is 4. The lowest BCUT2D eigenvalue weighted by Gasteiger charge is -2.40. The molecule has 0 unspecified atom stereocenters. The molecule has 50 heavy (non-hydrogen) atoms. The van der Waals surface area contributed by atoms with Crippen LogP contribution in [-0.4, -0.2) is 87.4 Å². The summed E-state index contributed by atoms with van der Waals surface area (Å²) in [6, 6.07) is 25.6. The van der Waals surface area contributed by atoms with E-state index in [4.69, 9.17) is 9.47 Å². The predicted molar refractivity (Wildman–Crippen MR) is 193 cm³/mol. The Morgan fingerprint density at radius 1 is 0.840 bits per heavy atom. The van der Waals surface area contributed by atoms with Gasteiger partial charge in [0, 0.05) is 99.8 Å². The first-order chi connectivity index (χ1) is 24.3. The van der Waals surface area contributed by atoms with Crippen LogP contribution in [0.4, 0.5) is 15.8 Å². The summed E-state index contributed by atoms with van der Waals surface area (Å²) in [6.07, 6.45) is 2.36. The Morgan fingerprint density at radius 2 is 1.56 bits per heavy atom. The Labute approximate surface area is 293 Å². The van der Waals surface area contributed by atoms with Crippen molar-refractivity contribution in [1.82, 2.24) is 9.80 Å². The van der Waals surface area contributed by atoms with Crippen molar-refractivity contribution >= 4 is 17.3 Å². The average molecular weight is 677 g/mol. The second kappa shape index (κ2) is 13.5. The molecule has 4 aliphatic rings. The SMILES string of the molecule is COc1cc([C@H]2COc3cc(O)ccc3[C@H]2c2ccc(N3CCC(CN4CCN(c5ccc6c(c5)CN(C)C6=O)CC4)CC3)cc2)ccc1F. The molecule has 8 nitrogen and oxygen atoms in total. The van der Waals surface area contributed by atoms with Crippen LogP contribution in [0.5, 0.6) is 17.2 Å². The molecule has 2 saturated heterocycles. The summed E-state index contributed by atoms with van der Waals surface area (Å²) in [5.74, 6) is 1.44. The van der Waals surface area contributed by atoms with E-state index in [1.807, 2.05) is 25.2 Å². The first-order valence-electron chi connectivity index (χ1n) is 17.8. The number of piperidine rings is 1. The van der Waals surface area contributed by atoms with Crippen molar-refractivity contribution in [1.29, 1.82) is 0 Å². The number of rotatable bonds is 7. The van der Waals surface area contributed by atoms with Crippen LogP contribution in [0.1, 0.15) is 57.3 Å². The number of phenolic OH excluding ortho intramolecular Hbond substituents is 1. The number of phenols is 1. The molecule has 2 fully saturated rings. The van der Waals surface area contributed by atoms with Gasteiger partial charge in [0.05, 0.1) is 13.7 Å². The lowest BCUT2D eigenvalue weighted by molar-refractivity contribution is 0.0816. The van der Waals surface area contributed by atoms with Crippen LogP contribution >= 0.6 is 0 Å². The van der Waals surface area contributed by atoms with Gasteiger partial charge < -0.3 is 29.3 Å². The Kier molecular flexibility index (Phi) is 8.77. The summed E-state index contributed by atoms with van der Waals surface area (Å²) >= 11 is 0. The van der Waals surface area contributed by atoms with Crippen molar-refractivity contribution in [2.75, 3.05) is 76.4 Å². The Balaban J connectivity index is 0.889. The van der Waals surface area contributed by atoms with Crippen LogP contribution in [0, 0.1) is 11.7 Å². The van der Waals surface area contributed by atoms with Crippen molar-refractivity contribution in [3.63, 3.8) is 0 Å². The Morgan fingerprint density at radius 3 is 2.32 bits per heavy atom. The monoisotopic (exact) mass is 676 g/mol. The highest BCUT2D eigenvalue weighted by Gasteiger charge is 2.35. The number of halogens is 1. The number of nitrogens with zero attached hydrogens (tertiary/aromatic N) is 4. The fraction of sp³-hybridized carbons (Fsp3) is 0.390. The molecule has 0 bridgehead atoms. The lowest BCUT2D eigenvalue weighted by atomic mass is 9.75. The number of amides is 1. The first kappa shape index (κ1) is 32.4. The number of fused-ring (bicyclic) bond motifs is 2. The number of methoxy groups -OCH3 is 1. The zero-order chi connectivity index (χ0) is 34.4. The van der Waals surface area contributed by atoms with Crippen LogP contribution in [-0.2, 0) is 6.54 Å². The fourth-order valence-electron chi connectivity index (χ4n) is 8.47. The van der Waals surface area contributed by atoms with Gasteiger partial charge in [0.1, 0.15) is 11.5 Å². The van der Waals surface area contributed by atoms with Gasteiger partial charge in [0.15, 0.2) is 11.6 Å². The van der Waals surface area contributed by atoms with Gasteiger partial charge in [-0.05, 0) is 84.0 Å².